The molecular formula is C15H22Cl2N2O3S. The van der Waals surface area contributed by atoms with Gasteiger partial charge in [0.05, 0.1) is 9.92 Å². The monoisotopic (exact) mass is 380 g/mol. The molecule has 2 aliphatic rings. The molecule has 1 fully saturated rings. The second-order valence-corrected chi connectivity index (χ2v) is 8.25. The molecular weight excluding hydrogens is 359 g/mol. The standard InChI is InChI=1S/C15H21ClN2O3S.ClH/c1-10-6-12-7-13(8-14(16)15(12)21-10)22(19,20)18-5-3-11-2-4-17-9-11;/h7-8,10-11,17-18H,2-6,9H2,1H3;1H. The Hall–Kier alpha value is -0.530. The molecule has 2 atom stereocenters. The van der Waals surface area contributed by atoms with E-state index in [-0.39, 0.29) is 23.4 Å². The van der Waals surface area contributed by atoms with E-state index in [0.717, 1.165) is 31.5 Å². The molecule has 23 heavy (non-hydrogen) atoms. The molecule has 2 heterocycles. The van der Waals surface area contributed by atoms with Crippen molar-refractivity contribution >= 4 is 34.0 Å². The zero-order chi connectivity index (χ0) is 15.7. The quantitative estimate of drug-likeness (QED) is 0.822. The number of hydrogen-bond donors (Lipinski definition) is 2. The molecule has 2 aliphatic heterocycles. The lowest BCUT2D eigenvalue weighted by Gasteiger charge is -2.11. The third-order valence-corrected chi connectivity index (χ3v) is 5.96. The Morgan fingerprint density at radius 1 is 1.43 bits per heavy atom. The molecule has 1 aromatic rings. The van der Waals surface area contributed by atoms with E-state index in [1.807, 2.05) is 6.92 Å². The van der Waals surface area contributed by atoms with E-state index in [0.29, 0.717) is 29.7 Å². The SMILES string of the molecule is CC1Cc2cc(S(=O)(=O)NCCC3CCNC3)cc(Cl)c2O1.Cl. The predicted octanol–water partition coefficient (Wildman–Crippen LogP) is 2.36. The summed E-state index contributed by atoms with van der Waals surface area (Å²) in [5, 5.41) is 3.65. The summed E-state index contributed by atoms with van der Waals surface area (Å²) in [6, 6.07) is 3.14. The topological polar surface area (TPSA) is 67.4 Å². The molecule has 5 nitrogen and oxygen atoms in total. The summed E-state index contributed by atoms with van der Waals surface area (Å²) in [7, 11) is -3.52. The fourth-order valence-corrected chi connectivity index (χ4v) is 4.53. The molecule has 1 saturated heterocycles. The highest BCUT2D eigenvalue weighted by molar-refractivity contribution is 7.89. The molecule has 2 N–H and O–H groups in total. The number of benzene rings is 1. The molecule has 0 amide bonds. The van der Waals surface area contributed by atoms with Gasteiger partial charge in [-0.15, -0.1) is 12.4 Å². The Bertz CT molecular complexity index is 661. The molecule has 0 bridgehead atoms. The summed E-state index contributed by atoms with van der Waals surface area (Å²) in [5.41, 5.74) is 0.861. The number of halogens is 2. The lowest BCUT2D eigenvalue weighted by Crippen LogP contribution is -2.26. The second kappa shape index (κ2) is 7.57. The Labute approximate surface area is 148 Å². The van der Waals surface area contributed by atoms with Crippen LogP contribution in [0.4, 0.5) is 0 Å². The second-order valence-electron chi connectivity index (χ2n) is 6.07. The van der Waals surface area contributed by atoms with Crippen molar-refractivity contribution in [3.05, 3.63) is 22.7 Å². The molecule has 0 spiro atoms. The van der Waals surface area contributed by atoms with Gasteiger partial charge in [0.25, 0.3) is 0 Å². The lowest BCUT2D eigenvalue weighted by molar-refractivity contribution is 0.255. The molecule has 130 valence electrons. The minimum absolute atomic E-state index is 0. The van der Waals surface area contributed by atoms with Crippen molar-refractivity contribution < 1.29 is 13.2 Å². The summed E-state index contributed by atoms with van der Waals surface area (Å²) in [5.74, 6) is 1.17. The van der Waals surface area contributed by atoms with Gasteiger partial charge in [0.1, 0.15) is 11.9 Å². The van der Waals surface area contributed by atoms with E-state index in [9.17, 15) is 8.42 Å². The Morgan fingerprint density at radius 3 is 2.91 bits per heavy atom. The van der Waals surface area contributed by atoms with Gasteiger partial charge in [0.15, 0.2) is 0 Å². The van der Waals surface area contributed by atoms with Crippen molar-refractivity contribution in [3.63, 3.8) is 0 Å². The van der Waals surface area contributed by atoms with Crippen molar-refractivity contribution in [2.24, 2.45) is 5.92 Å². The fourth-order valence-electron chi connectivity index (χ4n) is 3.06. The number of fused-ring (bicyclic) bond motifs is 1. The van der Waals surface area contributed by atoms with Crippen molar-refractivity contribution in [1.82, 2.24) is 10.0 Å². The predicted molar refractivity (Wildman–Crippen MR) is 93.3 cm³/mol. The average molecular weight is 381 g/mol. The van der Waals surface area contributed by atoms with Crippen LogP contribution in [0.3, 0.4) is 0 Å². The van der Waals surface area contributed by atoms with Crippen LogP contribution in [0.2, 0.25) is 5.02 Å². The lowest BCUT2D eigenvalue weighted by atomic mass is 10.1. The number of nitrogens with one attached hydrogen (secondary N) is 2. The van der Waals surface area contributed by atoms with Crippen LogP contribution in [0, 0.1) is 5.92 Å². The maximum Gasteiger partial charge on any atom is 0.240 e. The molecule has 0 aliphatic carbocycles. The normalized spacial score (nSPS) is 23.2. The van der Waals surface area contributed by atoms with Crippen molar-refractivity contribution in [2.75, 3.05) is 19.6 Å². The maximum atomic E-state index is 12.4. The van der Waals surface area contributed by atoms with Gasteiger partial charge < -0.3 is 10.1 Å². The largest absolute Gasteiger partial charge is 0.489 e. The van der Waals surface area contributed by atoms with Gasteiger partial charge in [-0.3, -0.25) is 0 Å². The minimum atomic E-state index is -3.52. The zero-order valence-corrected chi connectivity index (χ0v) is 15.4. The Balaban J connectivity index is 0.00000192. The number of rotatable bonds is 5. The molecule has 2 unspecified atom stereocenters. The smallest absolute Gasteiger partial charge is 0.240 e. The minimum Gasteiger partial charge on any atom is -0.489 e. The first-order chi connectivity index (χ1) is 10.5. The first-order valence-electron chi connectivity index (χ1n) is 7.65. The third-order valence-electron chi connectivity index (χ3n) is 4.24. The molecule has 0 aromatic heterocycles. The summed E-state index contributed by atoms with van der Waals surface area (Å²) in [6.45, 7) is 4.40. The van der Waals surface area contributed by atoms with E-state index in [1.54, 1.807) is 6.07 Å². The van der Waals surface area contributed by atoms with Gasteiger partial charge in [-0.2, -0.15) is 0 Å². The highest BCUT2D eigenvalue weighted by Gasteiger charge is 2.26. The van der Waals surface area contributed by atoms with Crippen LogP contribution in [-0.4, -0.2) is 34.2 Å². The van der Waals surface area contributed by atoms with Gasteiger partial charge in [0, 0.05) is 18.5 Å². The number of hydrogen-bond acceptors (Lipinski definition) is 4. The van der Waals surface area contributed by atoms with Crippen LogP contribution in [0.15, 0.2) is 17.0 Å². The summed E-state index contributed by atoms with van der Waals surface area (Å²) < 4.78 is 33.1. The van der Waals surface area contributed by atoms with Crippen LogP contribution < -0.4 is 14.8 Å². The maximum absolute atomic E-state index is 12.4. The van der Waals surface area contributed by atoms with Crippen molar-refractivity contribution in [2.45, 2.75) is 37.2 Å². The van der Waals surface area contributed by atoms with Gasteiger partial charge in [0.2, 0.25) is 10.0 Å². The van der Waals surface area contributed by atoms with E-state index in [1.165, 1.54) is 6.07 Å². The zero-order valence-electron chi connectivity index (χ0n) is 13.0. The van der Waals surface area contributed by atoms with Gasteiger partial charge >= 0.3 is 0 Å². The first kappa shape index (κ1) is 18.8. The molecule has 8 heteroatoms. The number of sulfonamides is 1. The Kier molecular flexibility index (Phi) is 6.19. The van der Waals surface area contributed by atoms with E-state index >= 15 is 0 Å². The summed E-state index contributed by atoms with van der Waals surface area (Å²) in [4.78, 5) is 0.221. The fraction of sp³-hybridized carbons (Fsp3) is 0.600. The number of ether oxygens (including phenoxy) is 1. The van der Waals surface area contributed by atoms with Gasteiger partial charge in [-0.25, -0.2) is 13.1 Å². The van der Waals surface area contributed by atoms with Gasteiger partial charge in [-0.1, -0.05) is 11.6 Å². The Morgan fingerprint density at radius 2 is 2.22 bits per heavy atom. The van der Waals surface area contributed by atoms with E-state index in [4.69, 9.17) is 16.3 Å². The van der Waals surface area contributed by atoms with Crippen LogP contribution in [0.1, 0.15) is 25.3 Å². The average Bonchev–Trinajstić information content (AvgIpc) is 3.07. The first-order valence-corrected chi connectivity index (χ1v) is 9.51. The molecule has 0 radical (unpaired) electrons. The van der Waals surface area contributed by atoms with Crippen LogP contribution in [-0.2, 0) is 16.4 Å². The van der Waals surface area contributed by atoms with Crippen LogP contribution in [0.25, 0.3) is 0 Å². The highest BCUT2D eigenvalue weighted by atomic mass is 35.5. The molecule has 0 saturated carbocycles. The van der Waals surface area contributed by atoms with E-state index < -0.39 is 10.0 Å². The summed E-state index contributed by atoms with van der Waals surface area (Å²) in [6.07, 6.45) is 2.69. The summed E-state index contributed by atoms with van der Waals surface area (Å²) >= 11 is 6.16. The van der Waals surface area contributed by atoms with Crippen molar-refractivity contribution in [3.8, 4) is 5.75 Å². The van der Waals surface area contributed by atoms with Crippen molar-refractivity contribution in [1.29, 1.82) is 0 Å². The molecule has 3 rings (SSSR count). The highest BCUT2D eigenvalue weighted by Crippen LogP contribution is 2.37. The molecule has 1 aromatic carbocycles. The van der Waals surface area contributed by atoms with E-state index in [2.05, 4.69) is 10.0 Å². The van der Waals surface area contributed by atoms with Crippen LogP contribution >= 0.6 is 24.0 Å². The van der Waals surface area contributed by atoms with Crippen LogP contribution in [0.5, 0.6) is 5.75 Å². The third kappa shape index (κ3) is 4.31. The van der Waals surface area contributed by atoms with Gasteiger partial charge in [-0.05, 0) is 50.9 Å².